The molecule has 0 radical (unpaired) electrons. The lowest BCUT2D eigenvalue weighted by Crippen LogP contribution is -2.21. The average molecular weight is 322 g/mol. The molecule has 3 heteroatoms. The SMILES string of the molecule is BrCC1(Cc2coc(Br)c2)CCCC1. The highest BCUT2D eigenvalue weighted by Gasteiger charge is 2.33. The largest absolute Gasteiger partial charge is 0.457 e. The molecule has 78 valence electrons. The van der Waals surface area contributed by atoms with Gasteiger partial charge in [-0.05, 0) is 52.2 Å². The Kier molecular flexibility index (Phi) is 3.38. The zero-order valence-electron chi connectivity index (χ0n) is 8.06. The van der Waals surface area contributed by atoms with E-state index < -0.39 is 0 Å². The fourth-order valence-electron chi connectivity index (χ4n) is 2.35. The third kappa shape index (κ3) is 2.25. The summed E-state index contributed by atoms with van der Waals surface area (Å²) < 4.78 is 6.11. The Bertz CT molecular complexity index is 300. The highest BCUT2D eigenvalue weighted by Crippen LogP contribution is 2.42. The second-order valence-electron chi connectivity index (χ2n) is 4.28. The second-order valence-corrected chi connectivity index (χ2v) is 5.62. The van der Waals surface area contributed by atoms with Crippen molar-refractivity contribution in [1.82, 2.24) is 0 Å². The van der Waals surface area contributed by atoms with Crippen molar-refractivity contribution in [2.24, 2.45) is 5.41 Å². The lowest BCUT2D eigenvalue weighted by molar-refractivity contribution is 0.345. The van der Waals surface area contributed by atoms with Crippen LogP contribution in [0, 0.1) is 5.41 Å². The van der Waals surface area contributed by atoms with Crippen LogP contribution in [-0.4, -0.2) is 5.33 Å². The lowest BCUT2D eigenvalue weighted by atomic mass is 9.83. The first-order chi connectivity index (χ1) is 6.74. The van der Waals surface area contributed by atoms with Crippen LogP contribution in [-0.2, 0) is 6.42 Å². The van der Waals surface area contributed by atoms with E-state index in [2.05, 4.69) is 37.9 Å². The molecule has 0 aliphatic heterocycles. The van der Waals surface area contributed by atoms with Crippen molar-refractivity contribution in [1.29, 1.82) is 0 Å². The summed E-state index contributed by atoms with van der Waals surface area (Å²) >= 11 is 7.00. The summed E-state index contributed by atoms with van der Waals surface area (Å²) in [5.74, 6) is 0. The third-order valence-corrected chi connectivity index (χ3v) is 4.75. The molecule has 0 saturated heterocycles. The molecule has 1 aromatic rings. The molecule has 0 bridgehead atoms. The Labute approximate surface area is 102 Å². The molecule has 0 amide bonds. The molecule has 1 heterocycles. The molecule has 1 aliphatic carbocycles. The average Bonchev–Trinajstić information content (AvgIpc) is 2.77. The minimum atomic E-state index is 0.489. The van der Waals surface area contributed by atoms with Gasteiger partial charge in [0.15, 0.2) is 4.67 Å². The summed E-state index contributed by atoms with van der Waals surface area (Å²) in [7, 11) is 0. The molecule has 0 spiro atoms. The van der Waals surface area contributed by atoms with E-state index in [1.165, 1.54) is 31.2 Å². The van der Waals surface area contributed by atoms with Crippen LogP contribution in [0.2, 0.25) is 0 Å². The van der Waals surface area contributed by atoms with Crippen molar-refractivity contribution in [3.8, 4) is 0 Å². The zero-order valence-corrected chi connectivity index (χ0v) is 11.2. The molecular weight excluding hydrogens is 308 g/mol. The van der Waals surface area contributed by atoms with E-state index in [0.29, 0.717) is 5.41 Å². The van der Waals surface area contributed by atoms with Crippen LogP contribution in [0.15, 0.2) is 21.4 Å². The lowest BCUT2D eigenvalue weighted by Gasteiger charge is -2.25. The van der Waals surface area contributed by atoms with Crippen LogP contribution in [0.3, 0.4) is 0 Å². The Balaban J connectivity index is 2.08. The van der Waals surface area contributed by atoms with Crippen molar-refractivity contribution < 1.29 is 4.42 Å². The quantitative estimate of drug-likeness (QED) is 0.745. The molecule has 0 aromatic carbocycles. The van der Waals surface area contributed by atoms with Gasteiger partial charge in [0.1, 0.15) is 0 Å². The van der Waals surface area contributed by atoms with Gasteiger partial charge in [-0.3, -0.25) is 0 Å². The summed E-state index contributed by atoms with van der Waals surface area (Å²) in [5.41, 5.74) is 1.81. The van der Waals surface area contributed by atoms with Crippen LogP contribution in [0.5, 0.6) is 0 Å². The van der Waals surface area contributed by atoms with Gasteiger partial charge in [-0.25, -0.2) is 0 Å². The van der Waals surface area contributed by atoms with Crippen molar-refractivity contribution in [2.45, 2.75) is 32.1 Å². The van der Waals surface area contributed by atoms with Crippen LogP contribution < -0.4 is 0 Å². The Morgan fingerprint density at radius 2 is 2.07 bits per heavy atom. The van der Waals surface area contributed by atoms with Gasteiger partial charge in [0.2, 0.25) is 0 Å². The number of halogens is 2. The minimum Gasteiger partial charge on any atom is -0.457 e. The van der Waals surface area contributed by atoms with Gasteiger partial charge >= 0.3 is 0 Å². The molecule has 0 atom stereocenters. The van der Waals surface area contributed by atoms with E-state index in [-0.39, 0.29) is 0 Å². The van der Waals surface area contributed by atoms with E-state index in [0.717, 1.165) is 16.4 Å². The minimum absolute atomic E-state index is 0.489. The van der Waals surface area contributed by atoms with Gasteiger partial charge in [0.25, 0.3) is 0 Å². The first-order valence-electron chi connectivity index (χ1n) is 5.03. The Hall–Kier alpha value is 0.240. The van der Waals surface area contributed by atoms with Gasteiger partial charge in [0, 0.05) is 5.33 Å². The summed E-state index contributed by atoms with van der Waals surface area (Å²) in [5, 5.41) is 1.11. The Morgan fingerprint density at radius 1 is 1.36 bits per heavy atom. The first-order valence-corrected chi connectivity index (χ1v) is 6.94. The molecule has 1 fully saturated rings. The van der Waals surface area contributed by atoms with E-state index in [1.54, 1.807) is 0 Å². The maximum Gasteiger partial charge on any atom is 0.169 e. The maximum absolute atomic E-state index is 5.27. The standard InChI is InChI=1S/C11H14Br2O/c12-8-11(3-1-2-4-11)6-9-5-10(13)14-7-9/h5,7H,1-4,6,8H2. The highest BCUT2D eigenvalue weighted by molar-refractivity contribution is 9.10. The molecular formula is C11H14Br2O. The van der Waals surface area contributed by atoms with Crippen molar-refractivity contribution in [3.05, 3.63) is 22.6 Å². The number of hydrogen-bond acceptors (Lipinski definition) is 1. The van der Waals surface area contributed by atoms with E-state index in [9.17, 15) is 0 Å². The normalized spacial score (nSPS) is 20.1. The maximum atomic E-state index is 5.27. The van der Waals surface area contributed by atoms with Crippen LogP contribution >= 0.6 is 31.9 Å². The van der Waals surface area contributed by atoms with E-state index >= 15 is 0 Å². The van der Waals surface area contributed by atoms with Crippen LogP contribution in [0.25, 0.3) is 0 Å². The monoisotopic (exact) mass is 320 g/mol. The number of furan rings is 1. The molecule has 1 aliphatic rings. The summed E-state index contributed by atoms with van der Waals surface area (Å²) in [4.78, 5) is 0. The smallest absolute Gasteiger partial charge is 0.169 e. The van der Waals surface area contributed by atoms with E-state index in [1.807, 2.05) is 6.26 Å². The van der Waals surface area contributed by atoms with E-state index in [4.69, 9.17) is 4.42 Å². The van der Waals surface area contributed by atoms with Crippen molar-refractivity contribution >= 4 is 31.9 Å². The van der Waals surface area contributed by atoms with Crippen LogP contribution in [0.1, 0.15) is 31.2 Å². The molecule has 1 aromatic heterocycles. The first kappa shape index (κ1) is 10.7. The van der Waals surface area contributed by atoms with Crippen molar-refractivity contribution in [2.75, 3.05) is 5.33 Å². The number of alkyl halides is 1. The van der Waals surface area contributed by atoms with Crippen molar-refractivity contribution in [3.63, 3.8) is 0 Å². The Morgan fingerprint density at radius 3 is 2.57 bits per heavy atom. The molecule has 1 saturated carbocycles. The molecule has 0 N–H and O–H groups in total. The molecule has 2 rings (SSSR count). The summed E-state index contributed by atoms with van der Waals surface area (Å²) in [6, 6.07) is 2.09. The fraction of sp³-hybridized carbons (Fsp3) is 0.636. The molecule has 14 heavy (non-hydrogen) atoms. The fourth-order valence-corrected chi connectivity index (χ4v) is 3.50. The third-order valence-electron chi connectivity index (χ3n) is 3.15. The summed E-state index contributed by atoms with van der Waals surface area (Å²) in [6.07, 6.45) is 8.47. The second kappa shape index (κ2) is 4.40. The van der Waals surface area contributed by atoms with Gasteiger partial charge in [-0.1, -0.05) is 28.8 Å². The van der Waals surface area contributed by atoms with Gasteiger partial charge in [0.05, 0.1) is 6.26 Å². The molecule has 0 unspecified atom stereocenters. The number of rotatable bonds is 3. The number of hydrogen-bond donors (Lipinski definition) is 0. The predicted molar refractivity (Wildman–Crippen MR) is 64.8 cm³/mol. The summed E-state index contributed by atoms with van der Waals surface area (Å²) in [6.45, 7) is 0. The van der Waals surface area contributed by atoms with Gasteiger partial charge < -0.3 is 4.42 Å². The predicted octanol–water partition coefficient (Wildman–Crippen LogP) is 4.54. The van der Waals surface area contributed by atoms with Crippen LogP contribution in [0.4, 0.5) is 0 Å². The topological polar surface area (TPSA) is 13.1 Å². The van der Waals surface area contributed by atoms with Gasteiger partial charge in [-0.15, -0.1) is 0 Å². The van der Waals surface area contributed by atoms with Gasteiger partial charge in [-0.2, -0.15) is 0 Å². The molecule has 1 nitrogen and oxygen atoms in total. The zero-order chi connectivity index (χ0) is 10.0. The highest BCUT2D eigenvalue weighted by atomic mass is 79.9.